The maximum atomic E-state index is 13.4. The number of benzene rings is 1. The van der Waals surface area contributed by atoms with Crippen LogP contribution in [0.2, 0.25) is 0 Å². The Hall–Kier alpha value is -3.58. The van der Waals surface area contributed by atoms with Gasteiger partial charge < -0.3 is 63.5 Å². The van der Waals surface area contributed by atoms with Crippen LogP contribution in [0, 0.1) is 5.92 Å². The molecule has 1 aromatic rings. The fraction of sp³-hybridized carbons (Fsp3) is 0.634. The number of aliphatic carboxylic acids is 1. The van der Waals surface area contributed by atoms with Crippen molar-refractivity contribution >= 4 is 53.5 Å². The van der Waals surface area contributed by atoms with Crippen LogP contribution < -0.4 is 56.1 Å². The van der Waals surface area contributed by atoms with Crippen LogP contribution in [-0.4, -0.2) is 113 Å². The zero-order valence-electron chi connectivity index (χ0n) is 36.4. The van der Waals surface area contributed by atoms with E-state index < -0.39 is 78.7 Å². The summed E-state index contributed by atoms with van der Waals surface area (Å²) in [6, 6.07) is 3.42. The zero-order chi connectivity index (χ0) is 44.3. The standard InChI is InChI=1S/C35H51N6O10.C6H12N2.Na.H2O.Pt/c1-5-6-7-11-14-25(23(4)43)38-30(45)16-15-29(44)36-19-31(46)39-26(17-22(2)3)34(49)41-27(18-24-12-9-8-10-13-24)33(48)37-20-32(47)40-28(21-42)35(50)51;7-5-3-1-2-4-6(5)8;;;/h8-10,12-13,22,25-28H,5-7,11,14-20H2,1-4H3,(H7,36,37,38,39,40,41,44,45,46,47,48,49,50,51);5-8H,1-4H2;;1H2;/q-1;-2;+1;;/p-2/t;5-,6-;;;/m.0.../s1. The quantitative estimate of drug-likeness (QED) is 0.0328. The zero-order valence-corrected chi connectivity index (χ0v) is 40.6. The van der Waals surface area contributed by atoms with Crippen LogP contribution in [0.1, 0.15) is 110 Å². The van der Waals surface area contributed by atoms with E-state index in [1.54, 1.807) is 30.3 Å². The van der Waals surface area contributed by atoms with Gasteiger partial charge in [-0.2, -0.15) is 12.1 Å². The first-order valence-electron chi connectivity index (χ1n) is 20.2. The van der Waals surface area contributed by atoms with Crippen molar-refractivity contribution in [2.75, 3.05) is 13.1 Å². The van der Waals surface area contributed by atoms with E-state index in [1.807, 2.05) is 13.8 Å². The first-order valence-corrected chi connectivity index (χ1v) is 20.2. The second-order valence-corrected chi connectivity index (χ2v) is 15.0. The predicted octanol–water partition coefficient (Wildman–Crippen LogP) is -0.00850. The van der Waals surface area contributed by atoms with Gasteiger partial charge in [0, 0.05) is 40.3 Å². The summed E-state index contributed by atoms with van der Waals surface area (Å²) < 4.78 is 0. The summed E-state index contributed by atoms with van der Waals surface area (Å²) in [7, 11) is 0. The van der Waals surface area contributed by atoms with E-state index in [1.165, 1.54) is 19.8 Å². The van der Waals surface area contributed by atoms with Crippen molar-refractivity contribution in [2.24, 2.45) is 5.92 Å². The van der Waals surface area contributed by atoms with Gasteiger partial charge in [-0.05, 0) is 31.2 Å². The molecule has 1 aliphatic rings. The van der Waals surface area contributed by atoms with Crippen LogP contribution in [0.15, 0.2) is 30.3 Å². The number of amides is 6. The maximum absolute atomic E-state index is 13.4. The molecular formula is C41H63N8NaO11Pt-4. The molecule has 6 amide bonds. The number of carboxylic acid groups (broad SMARTS) is 1. The molecule has 1 saturated carbocycles. The van der Waals surface area contributed by atoms with Crippen LogP contribution in [0.4, 0.5) is 0 Å². The number of Topliss-reactive ketones (excluding diaryl/α,β-unsaturated/α-hetero) is 1. The van der Waals surface area contributed by atoms with E-state index in [0.29, 0.717) is 12.0 Å². The molecule has 1 fully saturated rings. The van der Waals surface area contributed by atoms with Gasteiger partial charge >= 0.3 is 29.6 Å². The minimum absolute atomic E-state index is 0. The Labute approximate surface area is 401 Å². The van der Waals surface area contributed by atoms with Gasteiger partial charge in [-0.1, -0.05) is 102 Å². The molecule has 0 bridgehead atoms. The molecule has 2 rings (SSSR count). The Bertz CT molecular complexity index is 1530. The van der Waals surface area contributed by atoms with Crippen LogP contribution in [0.5, 0.6) is 0 Å². The summed E-state index contributed by atoms with van der Waals surface area (Å²) in [6.07, 6.45) is 9.40. The molecule has 348 valence electrons. The van der Waals surface area contributed by atoms with Crippen LogP contribution in [0.25, 0.3) is 16.8 Å². The third-order valence-corrected chi connectivity index (χ3v) is 9.27. The average Bonchev–Trinajstić information content (AvgIpc) is 3.19. The SMILES string of the molecule is CCCCCCC(NC(=O)CCC(=O)NCC(=O)NC(CC(C)C)C(=O)NC(Cc1ccccc1)C(=O)NCC(=O)[N-]C([C-]=O)C(=O)O)C(C)=O.[NH-][C@H]1CCCC[C@@H]1[NH-].[Na+].[OH-].[Pt]. The number of carbonyl (C=O) groups is 8. The molecule has 4 unspecified atom stereocenters. The van der Waals surface area contributed by atoms with Crippen molar-refractivity contribution in [2.45, 2.75) is 147 Å². The number of hydrogen-bond donors (Lipinski definition) is 6. The fourth-order valence-corrected chi connectivity index (χ4v) is 5.93. The van der Waals surface area contributed by atoms with Crippen molar-refractivity contribution in [1.82, 2.24) is 26.6 Å². The molecular weight excluding hydrogens is 999 g/mol. The van der Waals surface area contributed by atoms with Crippen LogP contribution in [-0.2, 0) is 70.6 Å². The van der Waals surface area contributed by atoms with Gasteiger partial charge in [0.1, 0.15) is 12.1 Å². The largest absolute Gasteiger partial charge is 1.00 e. The third-order valence-electron chi connectivity index (χ3n) is 9.27. The Balaban J connectivity index is -0.00000282. The number of unbranched alkanes of at least 4 members (excludes halogenated alkanes) is 3. The number of nitrogens with one attached hydrogen (secondary N) is 7. The summed E-state index contributed by atoms with van der Waals surface area (Å²) in [6.45, 7) is 5.84. The first kappa shape index (κ1) is 62.7. The number of nitrogens with zero attached hydrogens (tertiary/aromatic N) is 1. The van der Waals surface area contributed by atoms with Crippen molar-refractivity contribution in [3.05, 3.63) is 52.7 Å². The molecule has 62 heavy (non-hydrogen) atoms. The van der Waals surface area contributed by atoms with Gasteiger partial charge in [0.25, 0.3) is 5.97 Å². The minimum Gasteiger partial charge on any atom is -0.870 e. The molecule has 0 aromatic heterocycles. The molecule has 1 aliphatic carbocycles. The van der Waals surface area contributed by atoms with Gasteiger partial charge in [-0.3, -0.25) is 39.8 Å². The summed E-state index contributed by atoms with van der Waals surface area (Å²) in [5, 5.41) is 24.6. The molecule has 6 atom stereocenters. The van der Waals surface area contributed by atoms with E-state index in [2.05, 4.69) is 38.8 Å². The Morgan fingerprint density at radius 3 is 1.89 bits per heavy atom. The average molecular weight is 1060 g/mol. The molecule has 21 heteroatoms. The van der Waals surface area contributed by atoms with E-state index in [4.69, 9.17) is 16.6 Å². The van der Waals surface area contributed by atoms with Crippen molar-refractivity contribution < 1.29 is 104 Å². The summed E-state index contributed by atoms with van der Waals surface area (Å²) >= 11 is 0. The normalized spacial score (nSPS) is 15.9. The molecule has 1 aromatic carbocycles. The Morgan fingerprint density at radius 1 is 0.790 bits per heavy atom. The van der Waals surface area contributed by atoms with Crippen molar-refractivity contribution in [3.63, 3.8) is 0 Å². The Morgan fingerprint density at radius 2 is 1.37 bits per heavy atom. The summed E-state index contributed by atoms with van der Waals surface area (Å²) in [4.78, 5) is 110. The monoisotopic (exact) mass is 1060 g/mol. The minimum atomic E-state index is -2.05. The summed E-state index contributed by atoms with van der Waals surface area (Å²) in [5.41, 5.74) is 15.2. The molecule has 0 radical (unpaired) electrons. The number of hydrogen-bond acceptors (Lipinski definition) is 10. The van der Waals surface area contributed by atoms with Crippen LogP contribution >= 0.6 is 0 Å². The molecule has 0 heterocycles. The van der Waals surface area contributed by atoms with Crippen molar-refractivity contribution in [3.8, 4) is 0 Å². The van der Waals surface area contributed by atoms with Gasteiger partial charge in [-0.15, -0.1) is 6.04 Å². The smallest absolute Gasteiger partial charge is 0.870 e. The maximum Gasteiger partial charge on any atom is 1.00 e. The van der Waals surface area contributed by atoms with E-state index >= 15 is 0 Å². The number of ketones is 1. The number of rotatable bonds is 25. The van der Waals surface area contributed by atoms with Gasteiger partial charge in [-0.25, -0.2) is 0 Å². The molecule has 19 nitrogen and oxygen atoms in total. The van der Waals surface area contributed by atoms with Gasteiger partial charge in [0.15, 0.2) is 5.78 Å². The second-order valence-electron chi connectivity index (χ2n) is 15.0. The molecule has 0 aliphatic heterocycles. The number of carbonyl (C=O) groups excluding carboxylic acids is 8. The Kier molecular flexibility index (Phi) is 36.2. The van der Waals surface area contributed by atoms with E-state index in [0.717, 1.165) is 44.8 Å². The topological polar surface area (TPSA) is 326 Å². The van der Waals surface area contributed by atoms with Crippen LogP contribution in [0.3, 0.4) is 0 Å². The molecule has 0 saturated heterocycles. The third kappa shape index (κ3) is 28.2. The second kappa shape index (κ2) is 35.8. The summed E-state index contributed by atoms with van der Waals surface area (Å²) in [5.74, 6) is -6.32. The van der Waals surface area contributed by atoms with Crippen molar-refractivity contribution in [1.29, 1.82) is 0 Å². The molecule has 9 N–H and O–H groups in total. The van der Waals surface area contributed by atoms with E-state index in [-0.39, 0.29) is 106 Å². The predicted molar refractivity (Wildman–Crippen MR) is 222 cm³/mol. The van der Waals surface area contributed by atoms with Gasteiger partial charge in [0.05, 0.1) is 25.0 Å². The fourth-order valence-electron chi connectivity index (χ4n) is 5.93. The number of carboxylic acids is 1. The first-order chi connectivity index (χ1) is 28.0. The van der Waals surface area contributed by atoms with Gasteiger partial charge in [0.2, 0.25) is 29.5 Å². The van der Waals surface area contributed by atoms with E-state index in [9.17, 15) is 43.2 Å². The molecule has 0 spiro atoms.